The molecule has 0 fully saturated rings. The van der Waals surface area contributed by atoms with Gasteiger partial charge in [-0.15, -0.1) is 0 Å². The minimum Gasteiger partial charge on any atom is -0.192 e. The van der Waals surface area contributed by atoms with Crippen molar-refractivity contribution in [1.82, 2.24) is 0 Å². The molecule has 2 atom stereocenters. The third-order valence-corrected chi connectivity index (χ3v) is 11.2. The lowest BCUT2D eigenvalue weighted by atomic mass is 9.59. The van der Waals surface area contributed by atoms with Gasteiger partial charge in [-0.2, -0.15) is 4.57 Å². The van der Waals surface area contributed by atoms with Crippen LogP contribution < -0.4 is 4.57 Å². The molecular formula is C30H40N+. The summed E-state index contributed by atoms with van der Waals surface area (Å²) in [6.45, 7) is 24.6. The van der Waals surface area contributed by atoms with Crippen molar-refractivity contribution in [3.05, 3.63) is 53.2 Å². The Morgan fingerprint density at radius 3 is 2.06 bits per heavy atom. The Kier molecular flexibility index (Phi) is 3.87. The van der Waals surface area contributed by atoms with Crippen molar-refractivity contribution in [2.75, 3.05) is 0 Å². The standard InChI is InChI=1S/C30H40N/c1-11-29(9)21-18-22-24(27(5,6)28(7,8)26(22,3)4)20-16-15-19-14-13-17-31(25(19)23(20)21)30(29,10)12-2/h13-18H,11-12H2,1-10H3/q+1. The summed E-state index contributed by atoms with van der Waals surface area (Å²) in [5, 5.41) is 4.36. The quantitative estimate of drug-likeness (QED) is 0.299. The van der Waals surface area contributed by atoms with Crippen LogP contribution in [0.4, 0.5) is 0 Å². The van der Waals surface area contributed by atoms with Crippen LogP contribution in [0, 0.1) is 5.41 Å². The second-order valence-corrected chi connectivity index (χ2v) is 12.3. The number of rotatable bonds is 2. The molecule has 2 heterocycles. The summed E-state index contributed by atoms with van der Waals surface area (Å²) in [6, 6.07) is 12.0. The normalized spacial score (nSPS) is 29.6. The van der Waals surface area contributed by atoms with Gasteiger partial charge in [-0.1, -0.05) is 67.5 Å². The molecule has 0 saturated carbocycles. The van der Waals surface area contributed by atoms with Crippen molar-refractivity contribution < 1.29 is 4.57 Å². The van der Waals surface area contributed by atoms with Crippen LogP contribution in [-0.4, -0.2) is 0 Å². The number of benzene rings is 2. The van der Waals surface area contributed by atoms with E-state index in [1.807, 2.05) is 0 Å². The molecule has 31 heavy (non-hydrogen) atoms. The largest absolute Gasteiger partial charge is 0.221 e. The lowest BCUT2D eigenvalue weighted by Crippen LogP contribution is -2.66. The van der Waals surface area contributed by atoms with Crippen LogP contribution >= 0.6 is 0 Å². The van der Waals surface area contributed by atoms with Gasteiger partial charge in [0, 0.05) is 24.8 Å². The zero-order valence-corrected chi connectivity index (χ0v) is 21.3. The first-order valence-corrected chi connectivity index (χ1v) is 12.3. The van der Waals surface area contributed by atoms with Crippen LogP contribution in [0.15, 0.2) is 36.5 Å². The molecule has 2 unspecified atom stereocenters. The maximum absolute atomic E-state index is 2.65. The van der Waals surface area contributed by atoms with Crippen LogP contribution in [0.1, 0.15) is 98.8 Å². The van der Waals surface area contributed by atoms with Gasteiger partial charge in [0.15, 0.2) is 11.7 Å². The highest BCUT2D eigenvalue weighted by Gasteiger charge is 2.60. The smallest absolute Gasteiger partial charge is 0.192 e. The molecule has 1 nitrogen and oxygen atoms in total. The van der Waals surface area contributed by atoms with E-state index in [4.69, 9.17) is 0 Å². The van der Waals surface area contributed by atoms with Gasteiger partial charge in [-0.3, -0.25) is 0 Å². The lowest BCUT2D eigenvalue weighted by molar-refractivity contribution is -0.750. The number of hydrogen-bond acceptors (Lipinski definition) is 0. The van der Waals surface area contributed by atoms with Crippen molar-refractivity contribution in [3.63, 3.8) is 0 Å². The average molecular weight is 415 g/mol. The minimum atomic E-state index is 0.0462. The highest BCUT2D eigenvalue weighted by Crippen LogP contribution is 2.64. The van der Waals surface area contributed by atoms with E-state index in [9.17, 15) is 0 Å². The summed E-state index contributed by atoms with van der Waals surface area (Å²) in [5.41, 5.74) is 6.68. The van der Waals surface area contributed by atoms with Crippen molar-refractivity contribution in [2.45, 2.75) is 104 Å². The molecule has 2 aliphatic rings. The van der Waals surface area contributed by atoms with Crippen LogP contribution in [-0.2, 0) is 21.8 Å². The van der Waals surface area contributed by atoms with Crippen molar-refractivity contribution in [3.8, 4) is 0 Å². The van der Waals surface area contributed by atoms with Gasteiger partial charge in [-0.05, 0) is 63.8 Å². The summed E-state index contributed by atoms with van der Waals surface area (Å²) >= 11 is 0. The molecule has 1 aliphatic heterocycles. The maximum Gasteiger partial charge on any atom is 0.221 e. The first-order valence-electron chi connectivity index (χ1n) is 12.3. The molecule has 0 amide bonds. The fourth-order valence-corrected chi connectivity index (χ4v) is 7.35. The second kappa shape index (κ2) is 5.72. The molecule has 164 valence electrons. The fourth-order valence-electron chi connectivity index (χ4n) is 7.35. The molecule has 3 aromatic rings. The zero-order chi connectivity index (χ0) is 22.8. The summed E-state index contributed by atoms with van der Waals surface area (Å²) in [6.07, 6.45) is 4.60. The molecule has 0 spiro atoms. The molecule has 1 aromatic heterocycles. The third-order valence-electron chi connectivity index (χ3n) is 11.2. The Bertz CT molecular complexity index is 1260. The molecule has 0 bridgehead atoms. The fraction of sp³-hybridized carbons (Fsp3) is 0.567. The minimum absolute atomic E-state index is 0.0462. The maximum atomic E-state index is 2.65. The van der Waals surface area contributed by atoms with E-state index >= 15 is 0 Å². The van der Waals surface area contributed by atoms with E-state index in [-0.39, 0.29) is 27.2 Å². The highest BCUT2D eigenvalue weighted by atomic mass is 15.1. The Labute approximate surface area is 188 Å². The van der Waals surface area contributed by atoms with Gasteiger partial charge >= 0.3 is 0 Å². The Morgan fingerprint density at radius 2 is 1.45 bits per heavy atom. The van der Waals surface area contributed by atoms with Gasteiger partial charge in [0.25, 0.3) is 0 Å². The van der Waals surface area contributed by atoms with E-state index < -0.39 is 0 Å². The molecule has 0 radical (unpaired) electrons. The summed E-state index contributed by atoms with van der Waals surface area (Å²) in [7, 11) is 0. The number of pyridine rings is 1. The van der Waals surface area contributed by atoms with Gasteiger partial charge in [0.2, 0.25) is 5.52 Å². The molecule has 1 aliphatic carbocycles. The van der Waals surface area contributed by atoms with Crippen LogP contribution in [0.25, 0.3) is 21.7 Å². The van der Waals surface area contributed by atoms with Crippen molar-refractivity contribution in [1.29, 1.82) is 0 Å². The predicted molar refractivity (Wildman–Crippen MR) is 133 cm³/mol. The van der Waals surface area contributed by atoms with Gasteiger partial charge in [0.05, 0.1) is 10.8 Å². The monoisotopic (exact) mass is 414 g/mol. The number of nitrogens with zero attached hydrogens (tertiary/aromatic N) is 1. The van der Waals surface area contributed by atoms with Crippen LogP contribution in [0.5, 0.6) is 0 Å². The molecule has 0 N–H and O–H groups in total. The Balaban J connectivity index is 2.11. The van der Waals surface area contributed by atoms with E-state index in [2.05, 4.69) is 110 Å². The Hall–Kier alpha value is -1.89. The molecule has 0 saturated heterocycles. The summed E-state index contributed by atoms with van der Waals surface area (Å²) in [4.78, 5) is 0. The highest BCUT2D eigenvalue weighted by molar-refractivity contribution is 6.09. The SMILES string of the molecule is CCC1(C)c2cc3c(c4ccc5ccc[n+](c5c24)C1(C)CC)C(C)(C)C(C)(C)C3(C)C. The lowest BCUT2D eigenvalue weighted by Gasteiger charge is -2.45. The second-order valence-electron chi connectivity index (χ2n) is 12.3. The van der Waals surface area contributed by atoms with E-state index in [1.165, 1.54) is 21.7 Å². The molecule has 2 aromatic carbocycles. The number of aromatic nitrogens is 1. The van der Waals surface area contributed by atoms with Crippen molar-refractivity contribution >= 4 is 21.7 Å². The van der Waals surface area contributed by atoms with Gasteiger partial charge < -0.3 is 0 Å². The first-order chi connectivity index (χ1) is 14.3. The number of fused-ring (bicyclic) bond motifs is 2. The Morgan fingerprint density at radius 1 is 0.774 bits per heavy atom. The average Bonchev–Trinajstić information content (AvgIpc) is 2.84. The van der Waals surface area contributed by atoms with Gasteiger partial charge in [0.1, 0.15) is 0 Å². The summed E-state index contributed by atoms with van der Waals surface area (Å²) in [5.74, 6) is 0. The van der Waals surface area contributed by atoms with E-state index in [0.717, 1.165) is 12.8 Å². The van der Waals surface area contributed by atoms with Gasteiger partial charge in [-0.25, -0.2) is 0 Å². The first kappa shape index (κ1) is 21.0. The third kappa shape index (κ3) is 1.99. The summed E-state index contributed by atoms with van der Waals surface area (Å²) < 4.78 is 2.63. The van der Waals surface area contributed by atoms with Crippen LogP contribution in [0.2, 0.25) is 0 Å². The number of hydrogen-bond donors (Lipinski definition) is 0. The van der Waals surface area contributed by atoms with E-state index in [0.29, 0.717) is 0 Å². The predicted octanol–water partition coefficient (Wildman–Crippen LogP) is 7.68. The van der Waals surface area contributed by atoms with Crippen LogP contribution in [0.3, 0.4) is 0 Å². The topological polar surface area (TPSA) is 3.88 Å². The molecular weight excluding hydrogens is 374 g/mol. The van der Waals surface area contributed by atoms with Crippen molar-refractivity contribution in [2.24, 2.45) is 5.41 Å². The van der Waals surface area contributed by atoms with E-state index in [1.54, 1.807) is 16.7 Å². The zero-order valence-electron chi connectivity index (χ0n) is 21.3. The molecule has 1 heteroatoms. The molecule has 5 rings (SSSR count).